The monoisotopic (exact) mass is 524 g/mol. The van der Waals surface area contributed by atoms with E-state index in [2.05, 4.69) is 27.4 Å². The number of carbonyl (C=O) groups excluding carboxylic acids is 3. The number of Topliss-reactive ketones (excluding diaryl/α,β-unsaturated/α-hetero) is 1. The number of fused-ring (bicyclic) bond motifs is 1. The Bertz CT molecular complexity index is 1180. The summed E-state index contributed by atoms with van der Waals surface area (Å²) in [4.78, 5) is 54.2. The third-order valence-corrected chi connectivity index (χ3v) is 7.98. The molecule has 4 N–H and O–H groups in total. The van der Waals surface area contributed by atoms with E-state index in [0.717, 1.165) is 29.1 Å². The molecule has 4 rings (SSSR count). The molecule has 2 atom stereocenters. The number of carboxylic acids is 1. The summed E-state index contributed by atoms with van der Waals surface area (Å²) in [5, 5.41) is 21.3. The maximum atomic E-state index is 12.7. The molecule has 12 nitrogen and oxygen atoms in total. The summed E-state index contributed by atoms with van der Waals surface area (Å²) in [7, 11) is 0. The molecule has 0 spiro atoms. The van der Waals surface area contributed by atoms with Gasteiger partial charge in [-0.3, -0.25) is 19.3 Å². The number of β-lactam (4-membered cyclic amide) rings is 1. The summed E-state index contributed by atoms with van der Waals surface area (Å²) in [6.07, 6.45) is 2.60. The molecule has 2 aliphatic rings. The fraction of sp³-hybridized carbons (Fsp3) is 0.421. The van der Waals surface area contributed by atoms with Crippen molar-refractivity contribution in [2.45, 2.75) is 42.8 Å². The van der Waals surface area contributed by atoms with Gasteiger partial charge in [0.05, 0.1) is 0 Å². The van der Waals surface area contributed by atoms with Gasteiger partial charge < -0.3 is 20.6 Å². The highest BCUT2D eigenvalue weighted by atomic mass is 32.2. The van der Waals surface area contributed by atoms with Crippen LogP contribution in [0.4, 0.5) is 5.13 Å². The number of rotatable bonds is 10. The summed E-state index contributed by atoms with van der Waals surface area (Å²) in [5.74, 6) is -2.66. The summed E-state index contributed by atoms with van der Waals surface area (Å²) < 4.78 is 5.57. The van der Waals surface area contributed by atoms with E-state index in [1.165, 1.54) is 28.9 Å². The number of thioether (sulfide) groups is 2. The van der Waals surface area contributed by atoms with Gasteiger partial charge in [-0.2, -0.15) is 0 Å². The average Bonchev–Trinajstić information content (AvgIpc) is 3.47. The second-order valence-electron chi connectivity index (χ2n) is 7.37. The zero-order chi connectivity index (χ0) is 24.4. The molecule has 2 amide bonds. The van der Waals surface area contributed by atoms with Gasteiger partial charge >= 0.3 is 5.97 Å². The summed E-state index contributed by atoms with van der Waals surface area (Å²) in [6, 6.07) is -1.02. The highest BCUT2D eigenvalue weighted by Gasteiger charge is 2.54. The number of nitrogens with two attached hydrogens (primary N) is 1. The van der Waals surface area contributed by atoms with Crippen molar-refractivity contribution in [3.05, 3.63) is 28.2 Å². The fourth-order valence-electron chi connectivity index (χ4n) is 3.38. The van der Waals surface area contributed by atoms with Crippen LogP contribution in [0.3, 0.4) is 0 Å². The number of unbranched alkanes of at least 4 members (excludes halogenated alkanes) is 1. The molecule has 34 heavy (non-hydrogen) atoms. The molecule has 2 aliphatic heterocycles. The first-order valence-electron chi connectivity index (χ1n) is 10.2. The Labute approximate surface area is 205 Å². The topological polar surface area (TPSA) is 182 Å². The van der Waals surface area contributed by atoms with Gasteiger partial charge in [0.15, 0.2) is 5.13 Å². The number of amides is 2. The van der Waals surface area contributed by atoms with E-state index in [4.69, 9.17) is 10.2 Å². The number of aryl methyl sites for hydroxylation is 1. The number of carboxylic acid groups (broad SMARTS) is 1. The first-order chi connectivity index (χ1) is 16.3. The van der Waals surface area contributed by atoms with Crippen LogP contribution < -0.4 is 11.1 Å². The highest BCUT2D eigenvalue weighted by Crippen LogP contribution is 2.41. The number of hydrogen-bond donors (Lipinski definition) is 3. The molecule has 15 heteroatoms. The predicted molar refractivity (Wildman–Crippen MR) is 124 cm³/mol. The lowest BCUT2D eigenvalue weighted by atomic mass is 10.0. The number of ketones is 1. The van der Waals surface area contributed by atoms with Gasteiger partial charge in [-0.25, -0.2) is 9.78 Å². The van der Waals surface area contributed by atoms with E-state index in [1.54, 1.807) is 0 Å². The maximum absolute atomic E-state index is 12.7. The zero-order valence-electron chi connectivity index (χ0n) is 17.8. The van der Waals surface area contributed by atoms with Crippen LogP contribution in [0, 0.1) is 0 Å². The molecule has 2 aromatic heterocycles. The first-order valence-corrected chi connectivity index (χ1v) is 13.1. The van der Waals surface area contributed by atoms with Crippen molar-refractivity contribution in [3.8, 4) is 0 Å². The SMILES string of the molecule is CCCCc1nnc(SCC2=C(C(=O)O)N3C(=O)C(NC(=O)C(=O)c4csc(N)n4)[C@@H]3SC2)o1. The largest absolute Gasteiger partial charge is 0.477 e. The van der Waals surface area contributed by atoms with Crippen molar-refractivity contribution in [1.82, 2.24) is 25.4 Å². The molecule has 0 bridgehead atoms. The van der Waals surface area contributed by atoms with E-state index in [1.807, 2.05) is 0 Å². The minimum absolute atomic E-state index is 0.107. The van der Waals surface area contributed by atoms with Crippen LogP contribution >= 0.6 is 34.9 Å². The fourth-order valence-corrected chi connectivity index (χ4v) is 6.19. The number of aromatic nitrogens is 3. The molecule has 0 aromatic carbocycles. The standard InChI is InChI=1S/C19H20N6O6S3/c1-2-3-4-10-23-24-19(31-10)34-6-8-5-32-16-11(15(28)25(16)12(8)17(29)30)22-14(27)13(26)9-7-33-18(20)21-9/h7,11,16H,2-6H2,1H3,(H2,20,21)(H,22,27)(H,29,30)/t11?,16-/m0/s1. The molecule has 4 heterocycles. The molecule has 0 saturated carbocycles. The van der Waals surface area contributed by atoms with E-state index in [9.17, 15) is 24.3 Å². The van der Waals surface area contributed by atoms with Gasteiger partial charge in [-0.05, 0) is 12.0 Å². The number of nitrogen functional groups attached to an aromatic ring is 1. The Morgan fingerprint density at radius 3 is 2.85 bits per heavy atom. The van der Waals surface area contributed by atoms with Crippen LogP contribution in [-0.2, 0) is 20.8 Å². The number of anilines is 1. The van der Waals surface area contributed by atoms with Gasteiger partial charge in [-0.1, -0.05) is 25.1 Å². The predicted octanol–water partition coefficient (Wildman–Crippen LogP) is 1.16. The first kappa shape index (κ1) is 24.2. The number of nitrogens with one attached hydrogen (secondary N) is 1. The van der Waals surface area contributed by atoms with Crippen molar-refractivity contribution in [2.24, 2.45) is 0 Å². The van der Waals surface area contributed by atoms with E-state index in [-0.39, 0.29) is 22.3 Å². The average molecular weight is 525 g/mol. The van der Waals surface area contributed by atoms with Crippen LogP contribution in [0.1, 0.15) is 36.1 Å². The van der Waals surface area contributed by atoms with Crippen LogP contribution in [0.5, 0.6) is 0 Å². The number of nitrogens with zero attached hydrogens (tertiary/aromatic N) is 4. The second-order valence-corrected chi connectivity index (χ2v) is 10.3. The minimum Gasteiger partial charge on any atom is -0.477 e. The van der Waals surface area contributed by atoms with Gasteiger partial charge in [0, 0.05) is 23.3 Å². The zero-order valence-corrected chi connectivity index (χ0v) is 20.3. The molecule has 2 aromatic rings. The lowest BCUT2D eigenvalue weighted by Crippen LogP contribution is -2.71. The van der Waals surface area contributed by atoms with Crippen LogP contribution in [0.2, 0.25) is 0 Å². The molecule has 0 radical (unpaired) electrons. The van der Waals surface area contributed by atoms with Crippen molar-refractivity contribution >= 4 is 63.6 Å². The highest BCUT2D eigenvalue weighted by molar-refractivity contribution is 8.01. The van der Waals surface area contributed by atoms with Crippen LogP contribution in [-0.4, -0.2) is 71.7 Å². The molecule has 0 aliphatic carbocycles. The minimum atomic E-state index is -1.25. The summed E-state index contributed by atoms with van der Waals surface area (Å²) in [6.45, 7) is 2.06. The smallest absolute Gasteiger partial charge is 0.352 e. The molecular formula is C19H20N6O6S3. The van der Waals surface area contributed by atoms with Crippen molar-refractivity contribution < 1.29 is 28.7 Å². The number of carbonyl (C=O) groups is 4. The van der Waals surface area contributed by atoms with Crippen LogP contribution in [0.15, 0.2) is 26.3 Å². The Morgan fingerprint density at radius 2 is 2.18 bits per heavy atom. The van der Waals surface area contributed by atoms with Gasteiger partial charge in [0.1, 0.15) is 22.8 Å². The van der Waals surface area contributed by atoms with E-state index >= 15 is 0 Å². The number of thiazole rings is 1. The summed E-state index contributed by atoms with van der Waals surface area (Å²) in [5.41, 5.74) is 5.78. The quantitative estimate of drug-likeness (QED) is 0.175. The Kier molecular flexibility index (Phi) is 7.23. The normalized spacial score (nSPS) is 19.6. The lowest BCUT2D eigenvalue weighted by molar-refractivity contribution is -0.150. The maximum Gasteiger partial charge on any atom is 0.352 e. The molecule has 180 valence electrons. The van der Waals surface area contributed by atoms with Crippen molar-refractivity contribution in [2.75, 3.05) is 17.2 Å². The van der Waals surface area contributed by atoms with Gasteiger partial charge in [0.25, 0.3) is 22.8 Å². The van der Waals surface area contributed by atoms with Crippen molar-refractivity contribution in [1.29, 1.82) is 0 Å². The Balaban J connectivity index is 1.41. The Hall–Kier alpha value is -2.91. The second kappa shape index (κ2) is 10.1. The van der Waals surface area contributed by atoms with Gasteiger partial charge in [0.2, 0.25) is 5.89 Å². The Morgan fingerprint density at radius 1 is 1.38 bits per heavy atom. The van der Waals surface area contributed by atoms with E-state index in [0.29, 0.717) is 28.9 Å². The number of aliphatic carboxylic acids is 1. The third-order valence-electron chi connectivity index (χ3n) is 5.06. The number of hydrogen-bond acceptors (Lipinski definition) is 12. The van der Waals surface area contributed by atoms with Crippen LogP contribution in [0.25, 0.3) is 0 Å². The molecular weight excluding hydrogens is 504 g/mol. The molecule has 1 saturated heterocycles. The molecule has 1 unspecified atom stereocenters. The summed E-state index contributed by atoms with van der Waals surface area (Å²) >= 11 is 3.52. The van der Waals surface area contributed by atoms with E-state index < -0.39 is 35.0 Å². The lowest BCUT2D eigenvalue weighted by Gasteiger charge is -2.49. The van der Waals surface area contributed by atoms with Crippen molar-refractivity contribution in [3.63, 3.8) is 0 Å². The third kappa shape index (κ3) is 4.81. The molecule has 1 fully saturated rings. The van der Waals surface area contributed by atoms with Gasteiger partial charge in [-0.15, -0.1) is 33.3 Å².